The molecule has 4 N–H and O–H groups in total. The zero-order chi connectivity index (χ0) is 13.5. The molecule has 0 aromatic heterocycles. The summed E-state index contributed by atoms with van der Waals surface area (Å²) in [6.45, 7) is -0.00851. The van der Waals surface area contributed by atoms with Gasteiger partial charge in [0, 0.05) is 0 Å². The molecule has 9 heteroatoms. The van der Waals surface area contributed by atoms with E-state index in [0.29, 0.717) is 6.92 Å². The van der Waals surface area contributed by atoms with Crippen molar-refractivity contribution in [2.75, 3.05) is 19.6 Å². The summed E-state index contributed by atoms with van der Waals surface area (Å²) in [6.07, 6.45) is 0. The van der Waals surface area contributed by atoms with Gasteiger partial charge in [-0.15, -0.1) is 0 Å². The van der Waals surface area contributed by atoms with Crippen LogP contribution in [0.2, 0.25) is 6.92 Å². The van der Waals surface area contributed by atoms with Crippen LogP contribution in [-0.2, 0) is 19.2 Å². The van der Waals surface area contributed by atoms with E-state index < -0.39 is 23.8 Å². The molecule has 1 rings (SSSR count). The van der Waals surface area contributed by atoms with Gasteiger partial charge in [0.2, 0.25) is 0 Å². The van der Waals surface area contributed by atoms with E-state index in [0.717, 1.165) is 0 Å². The Kier molecular flexibility index (Phi) is 4.19. The van der Waals surface area contributed by atoms with Crippen LogP contribution in [-0.4, -0.2) is 49.3 Å². The second kappa shape index (κ2) is 5.83. The van der Waals surface area contributed by atoms with Gasteiger partial charge in [0.1, 0.15) is 0 Å². The second-order valence-corrected chi connectivity index (χ2v) is 6.29. The number of carbonyl (C=O) groups excluding carboxylic acids is 4. The molecule has 0 radical (unpaired) electrons. The van der Waals surface area contributed by atoms with Crippen LogP contribution >= 0.6 is 0 Å². The molecular weight excluding hydrogens is 495 g/mol. The van der Waals surface area contributed by atoms with Gasteiger partial charge in [-0.1, -0.05) is 0 Å². The van der Waals surface area contributed by atoms with Crippen molar-refractivity contribution in [3.63, 3.8) is 0 Å². The normalized spacial score (nSPS) is 22.9. The van der Waals surface area contributed by atoms with E-state index in [1.807, 2.05) is 0 Å². The Morgan fingerprint density at radius 1 is 0.889 bits per heavy atom. The zero-order valence-electron chi connectivity index (χ0n) is 9.75. The van der Waals surface area contributed by atoms with Gasteiger partial charge in [-0.3, -0.25) is 0 Å². The van der Waals surface area contributed by atoms with E-state index in [4.69, 9.17) is 0 Å². The van der Waals surface area contributed by atoms with E-state index in [-0.39, 0.29) is 25.5 Å². The van der Waals surface area contributed by atoms with Crippen molar-refractivity contribution in [2.24, 2.45) is 0 Å². The standard InChI is InChI=1S/C9H13N4O4.Rf/c1-5-9(17)12-3-7(15)10-2-6(14)11-4-8(16)13-5;/h5H,1-4H2,(H,10,15)(H,11,14)(H,12,17)(H,13,16);. The van der Waals surface area contributed by atoms with Gasteiger partial charge in [-0.05, 0) is 0 Å². The van der Waals surface area contributed by atoms with Gasteiger partial charge in [-0.25, -0.2) is 0 Å². The molecule has 1 aliphatic rings. The van der Waals surface area contributed by atoms with Crippen molar-refractivity contribution in [1.82, 2.24) is 21.3 Å². The first kappa shape index (κ1) is 12.9. The van der Waals surface area contributed by atoms with Crippen molar-refractivity contribution >= 4 is 23.6 Å². The van der Waals surface area contributed by atoms with Gasteiger partial charge >= 0.3 is 96.7 Å². The van der Waals surface area contributed by atoms with Crippen molar-refractivity contribution in [2.45, 2.75) is 13.0 Å². The molecule has 4 amide bonds. The first-order valence-corrected chi connectivity index (χ1v) is 9.95. The number of hydrogen-bond acceptors (Lipinski definition) is 4. The van der Waals surface area contributed by atoms with E-state index in [1.54, 1.807) is 0 Å². The van der Waals surface area contributed by atoms with Crippen LogP contribution in [0.1, 0.15) is 0 Å². The Balaban J connectivity index is 2.68. The third kappa shape index (κ3) is 3.80. The fraction of sp³-hybridized carbons (Fsp3) is 0.556. The molecule has 1 unspecified atom stereocenters. The van der Waals surface area contributed by atoms with Gasteiger partial charge in [0.25, 0.3) is 0 Å². The summed E-state index contributed by atoms with van der Waals surface area (Å²) < 4.78 is 0.224. The Morgan fingerprint density at radius 3 is 1.94 bits per heavy atom. The fourth-order valence-corrected chi connectivity index (χ4v) is 3.13. The van der Waals surface area contributed by atoms with Crippen molar-refractivity contribution in [1.29, 1.82) is 0 Å². The summed E-state index contributed by atoms with van der Waals surface area (Å²) in [5.74, 6) is -1.67. The first-order chi connectivity index (χ1) is 8.52. The van der Waals surface area contributed by atoms with Crippen LogP contribution in [0.15, 0.2) is 0 Å². The molecule has 1 saturated heterocycles. The molecule has 0 aromatic rings. The second-order valence-electron chi connectivity index (χ2n) is 3.68. The SMILES string of the molecule is O=C1CNC(=O)CNC(=O)C([CH2][Rf])NC(=O)CN1. The molecular formula is C9H13N4O4Rf. The fourth-order valence-electron chi connectivity index (χ4n) is 1.29. The number of amides is 4. The van der Waals surface area contributed by atoms with E-state index in [1.165, 1.54) is 0 Å². The van der Waals surface area contributed by atoms with Crippen LogP contribution in [0.5, 0.6) is 0 Å². The van der Waals surface area contributed by atoms with Crippen LogP contribution in [0.25, 0.3) is 0 Å². The first-order valence-electron chi connectivity index (χ1n) is 5.42. The molecule has 0 bridgehead atoms. The van der Waals surface area contributed by atoms with Gasteiger partial charge in [-0.2, -0.15) is 0 Å². The predicted octanol–water partition coefficient (Wildman–Crippen LogP) is -3.20. The molecule has 1 fully saturated rings. The molecule has 95 valence electrons. The summed E-state index contributed by atoms with van der Waals surface area (Å²) in [5.41, 5.74) is 0. The Morgan fingerprint density at radius 2 is 1.39 bits per heavy atom. The van der Waals surface area contributed by atoms with Crippen LogP contribution in [0.3, 0.4) is 0 Å². The summed E-state index contributed by atoms with van der Waals surface area (Å²) >= 11 is 0. The molecule has 0 spiro atoms. The number of carbonyl (C=O) groups is 4. The van der Waals surface area contributed by atoms with E-state index in [2.05, 4.69) is 21.3 Å². The number of nitrogens with one attached hydrogen (secondary N) is 4. The average molecular weight is 508 g/mol. The predicted molar refractivity (Wildman–Crippen MR) is 55.8 cm³/mol. The van der Waals surface area contributed by atoms with E-state index >= 15 is 0 Å². The third-order valence-electron chi connectivity index (χ3n) is 2.26. The van der Waals surface area contributed by atoms with Crippen molar-refractivity contribution < 1.29 is 19.2 Å². The quantitative estimate of drug-likeness (QED) is 0.299. The topological polar surface area (TPSA) is 116 Å². The third-order valence-corrected chi connectivity index (χ3v) is 4.87. The number of hydrogen-bond donors (Lipinski definition) is 4. The van der Waals surface area contributed by atoms with Crippen molar-refractivity contribution in [3.8, 4) is 0 Å². The minimum atomic E-state index is -0.614. The van der Waals surface area contributed by atoms with E-state index in [9.17, 15) is 19.2 Å². The minimum absolute atomic E-state index is 0.200. The zero-order valence-corrected chi connectivity index (χ0v) is 16.1. The van der Waals surface area contributed by atoms with Gasteiger partial charge < -0.3 is 0 Å². The Hall–Kier alpha value is -3.12. The molecule has 1 aliphatic heterocycles. The molecule has 8 nitrogen and oxygen atoms in total. The van der Waals surface area contributed by atoms with Crippen LogP contribution in [0, 0.1) is 0 Å². The van der Waals surface area contributed by atoms with Gasteiger partial charge in [0.05, 0.1) is 0 Å². The summed E-state index contributed by atoms with van der Waals surface area (Å²) in [6, 6.07) is -0.614. The maximum atomic E-state index is 11.7. The molecule has 1 atom stereocenters. The molecule has 0 aromatic carbocycles. The average Bonchev–Trinajstić information content (AvgIpc) is 2.36. The molecule has 18 heavy (non-hydrogen) atoms. The number of rotatable bonds is 1. The molecule has 0 saturated carbocycles. The summed E-state index contributed by atoms with van der Waals surface area (Å²) in [7, 11) is 0. The molecule has 0 aliphatic carbocycles. The summed E-state index contributed by atoms with van der Waals surface area (Å²) in [5, 5.41) is 9.63. The Labute approximate surface area is 97.5 Å². The van der Waals surface area contributed by atoms with Crippen molar-refractivity contribution in [3.05, 3.63) is 0 Å². The summed E-state index contributed by atoms with van der Waals surface area (Å²) in [4.78, 5) is 45.6. The monoisotopic (exact) mass is 508 g/mol. The van der Waals surface area contributed by atoms with Crippen LogP contribution in [0.4, 0.5) is 0 Å². The van der Waals surface area contributed by atoms with Gasteiger partial charge in [0.15, 0.2) is 0 Å². The molecule has 1 heterocycles. The maximum absolute atomic E-state index is 11.7. The Bertz CT molecular complexity index is 374. The van der Waals surface area contributed by atoms with Crippen LogP contribution < -0.4 is 21.3 Å².